The highest BCUT2D eigenvalue weighted by Gasteiger charge is 2.01. The van der Waals surface area contributed by atoms with Crippen molar-refractivity contribution in [3.8, 4) is 0 Å². The second kappa shape index (κ2) is 2.85. The van der Waals surface area contributed by atoms with Gasteiger partial charge in [-0.05, 0) is 24.4 Å². The lowest BCUT2D eigenvalue weighted by Gasteiger charge is -2.02. The number of aromatic nitrogens is 2. The van der Waals surface area contributed by atoms with Gasteiger partial charge in [-0.2, -0.15) is 0 Å². The molecule has 0 saturated carbocycles. The van der Waals surface area contributed by atoms with Gasteiger partial charge in [-0.3, -0.25) is 0 Å². The van der Waals surface area contributed by atoms with E-state index >= 15 is 0 Å². The maximum absolute atomic E-state index is 5.80. The fourth-order valence-electron chi connectivity index (χ4n) is 1.29. The van der Waals surface area contributed by atoms with Crippen LogP contribution in [0.3, 0.4) is 0 Å². The van der Waals surface area contributed by atoms with Crippen LogP contribution in [0.15, 0.2) is 18.3 Å². The van der Waals surface area contributed by atoms with Crippen molar-refractivity contribution in [3.05, 3.63) is 29.2 Å². The summed E-state index contributed by atoms with van der Waals surface area (Å²) in [6, 6.07) is 3.57. The van der Waals surface area contributed by atoms with Crippen molar-refractivity contribution in [2.24, 2.45) is 0 Å². The van der Waals surface area contributed by atoms with Gasteiger partial charge in [-0.1, -0.05) is 11.6 Å². The Hall–Kier alpha value is -1.35. The van der Waals surface area contributed by atoms with Crippen LogP contribution in [0.25, 0.3) is 10.8 Å². The van der Waals surface area contributed by atoms with E-state index in [4.69, 9.17) is 17.3 Å². The maximum Gasteiger partial charge on any atom is 0.129 e. The zero-order valence-electron chi connectivity index (χ0n) is 7.08. The first-order valence-electron chi connectivity index (χ1n) is 3.85. The Labute approximate surface area is 80.6 Å². The Bertz CT molecular complexity index is 462. The third-order valence-corrected chi connectivity index (χ3v) is 2.09. The molecule has 0 aromatic carbocycles. The first-order chi connectivity index (χ1) is 6.16. The Morgan fingerprint density at radius 3 is 2.92 bits per heavy atom. The minimum Gasteiger partial charge on any atom is -0.384 e. The summed E-state index contributed by atoms with van der Waals surface area (Å²) in [5.74, 6) is 0.495. The molecule has 0 saturated heterocycles. The molecule has 0 aliphatic rings. The summed E-state index contributed by atoms with van der Waals surface area (Å²) in [7, 11) is 0. The normalized spacial score (nSPS) is 10.6. The average Bonchev–Trinajstić information content (AvgIpc) is 2.02. The Morgan fingerprint density at radius 1 is 1.38 bits per heavy atom. The predicted molar refractivity (Wildman–Crippen MR) is 53.7 cm³/mol. The second-order valence-electron chi connectivity index (χ2n) is 2.86. The number of nitrogen functional groups attached to an aromatic ring is 1. The highest BCUT2D eigenvalue weighted by molar-refractivity contribution is 6.30. The number of halogens is 1. The number of pyridine rings is 2. The standard InChI is InChI=1S/C9H8ClN3/c1-5-7-4-12-9(11)3-6(7)2-8(10)13-5/h2-4H,1H3,(H2,11,12). The third kappa shape index (κ3) is 1.42. The SMILES string of the molecule is Cc1nc(Cl)cc2cc(N)ncc12. The Balaban J connectivity index is 2.86. The van der Waals surface area contributed by atoms with Gasteiger partial charge in [0.2, 0.25) is 0 Å². The van der Waals surface area contributed by atoms with Crippen LogP contribution < -0.4 is 5.73 Å². The first-order valence-corrected chi connectivity index (χ1v) is 4.23. The molecular weight excluding hydrogens is 186 g/mol. The van der Waals surface area contributed by atoms with Gasteiger partial charge in [-0.15, -0.1) is 0 Å². The number of rotatable bonds is 0. The first kappa shape index (κ1) is 8.26. The van der Waals surface area contributed by atoms with Crippen LogP contribution in [-0.4, -0.2) is 9.97 Å². The van der Waals surface area contributed by atoms with Crippen LogP contribution in [-0.2, 0) is 0 Å². The van der Waals surface area contributed by atoms with E-state index in [1.165, 1.54) is 0 Å². The van der Waals surface area contributed by atoms with Gasteiger partial charge in [0.25, 0.3) is 0 Å². The van der Waals surface area contributed by atoms with Crippen molar-refractivity contribution in [1.82, 2.24) is 9.97 Å². The molecule has 2 N–H and O–H groups in total. The molecule has 0 aliphatic carbocycles. The lowest BCUT2D eigenvalue weighted by atomic mass is 10.2. The number of hydrogen-bond donors (Lipinski definition) is 1. The molecule has 0 atom stereocenters. The van der Waals surface area contributed by atoms with Crippen molar-refractivity contribution in [2.75, 3.05) is 5.73 Å². The number of nitrogens with zero attached hydrogens (tertiary/aromatic N) is 2. The molecule has 0 spiro atoms. The molecular formula is C9H8ClN3. The summed E-state index contributed by atoms with van der Waals surface area (Å²) in [5.41, 5.74) is 6.42. The van der Waals surface area contributed by atoms with Gasteiger partial charge in [0.15, 0.2) is 0 Å². The van der Waals surface area contributed by atoms with Crippen LogP contribution in [0.2, 0.25) is 5.15 Å². The molecule has 0 bridgehead atoms. The van der Waals surface area contributed by atoms with E-state index in [2.05, 4.69) is 9.97 Å². The lowest BCUT2D eigenvalue weighted by Crippen LogP contribution is -1.91. The van der Waals surface area contributed by atoms with E-state index in [1.807, 2.05) is 6.92 Å². The van der Waals surface area contributed by atoms with E-state index in [-0.39, 0.29) is 0 Å². The number of aryl methyl sites for hydroxylation is 1. The minimum atomic E-state index is 0.482. The van der Waals surface area contributed by atoms with E-state index < -0.39 is 0 Å². The fraction of sp³-hybridized carbons (Fsp3) is 0.111. The quantitative estimate of drug-likeness (QED) is 0.653. The summed E-state index contributed by atoms with van der Waals surface area (Å²) in [5, 5.41) is 2.44. The molecule has 0 radical (unpaired) electrons. The van der Waals surface area contributed by atoms with Crippen LogP contribution in [0.5, 0.6) is 0 Å². The summed E-state index contributed by atoms with van der Waals surface area (Å²) in [6.07, 6.45) is 1.71. The van der Waals surface area contributed by atoms with Gasteiger partial charge in [0, 0.05) is 17.3 Å². The highest BCUT2D eigenvalue weighted by Crippen LogP contribution is 2.20. The highest BCUT2D eigenvalue weighted by atomic mass is 35.5. The lowest BCUT2D eigenvalue weighted by molar-refractivity contribution is 1.22. The minimum absolute atomic E-state index is 0.482. The molecule has 0 aliphatic heterocycles. The van der Waals surface area contributed by atoms with Gasteiger partial charge in [0.1, 0.15) is 11.0 Å². The third-order valence-electron chi connectivity index (χ3n) is 1.90. The number of anilines is 1. The summed E-state index contributed by atoms with van der Waals surface area (Å²) < 4.78 is 0. The van der Waals surface area contributed by atoms with Crippen LogP contribution >= 0.6 is 11.6 Å². The van der Waals surface area contributed by atoms with Crippen LogP contribution in [0, 0.1) is 6.92 Å². The maximum atomic E-state index is 5.80. The smallest absolute Gasteiger partial charge is 0.129 e. The zero-order valence-corrected chi connectivity index (χ0v) is 7.84. The molecule has 0 fully saturated rings. The number of fused-ring (bicyclic) bond motifs is 1. The average molecular weight is 194 g/mol. The van der Waals surface area contributed by atoms with Crippen molar-refractivity contribution < 1.29 is 0 Å². The van der Waals surface area contributed by atoms with Crippen molar-refractivity contribution >= 4 is 28.2 Å². The fourth-order valence-corrected chi connectivity index (χ4v) is 1.54. The van der Waals surface area contributed by atoms with Gasteiger partial charge >= 0.3 is 0 Å². The molecule has 0 unspecified atom stereocenters. The molecule has 13 heavy (non-hydrogen) atoms. The van der Waals surface area contributed by atoms with E-state index in [1.54, 1.807) is 18.3 Å². The monoisotopic (exact) mass is 193 g/mol. The number of hydrogen-bond acceptors (Lipinski definition) is 3. The molecule has 2 aromatic rings. The Morgan fingerprint density at radius 2 is 2.15 bits per heavy atom. The molecule has 66 valence electrons. The summed E-state index contributed by atoms with van der Waals surface area (Å²) >= 11 is 5.80. The van der Waals surface area contributed by atoms with Crippen LogP contribution in [0.1, 0.15) is 5.69 Å². The molecule has 4 heteroatoms. The topological polar surface area (TPSA) is 51.8 Å². The summed E-state index contributed by atoms with van der Waals surface area (Å²) in [6.45, 7) is 1.89. The molecule has 3 nitrogen and oxygen atoms in total. The molecule has 2 heterocycles. The van der Waals surface area contributed by atoms with Crippen LogP contribution in [0.4, 0.5) is 5.82 Å². The van der Waals surface area contributed by atoms with E-state index in [9.17, 15) is 0 Å². The molecule has 2 rings (SSSR count). The second-order valence-corrected chi connectivity index (χ2v) is 3.25. The van der Waals surface area contributed by atoms with Crippen molar-refractivity contribution in [2.45, 2.75) is 6.92 Å². The van der Waals surface area contributed by atoms with E-state index in [0.717, 1.165) is 16.5 Å². The zero-order chi connectivity index (χ0) is 9.42. The largest absolute Gasteiger partial charge is 0.384 e. The predicted octanol–water partition coefficient (Wildman–Crippen LogP) is 2.17. The molecule has 2 aromatic heterocycles. The van der Waals surface area contributed by atoms with Gasteiger partial charge < -0.3 is 5.73 Å². The van der Waals surface area contributed by atoms with Crippen molar-refractivity contribution in [1.29, 1.82) is 0 Å². The van der Waals surface area contributed by atoms with E-state index in [0.29, 0.717) is 11.0 Å². The summed E-state index contributed by atoms with van der Waals surface area (Å²) in [4.78, 5) is 8.11. The van der Waals surface area contributed by atoms with Gasteiger partial charge in [0.05, 0.1) is 0 Å². The Kier molecular flexibility index (Phi) is 1.81. The number of nitrogens with two attached hydrogens (primary N) is 1. The molecule has 0 amide bonds. The van der Waals surface area contributed by atoms with Gasteiger partial charge in [-0.25, -0.2) is 9.97 Å². The van der Waals surface area contributed by atoms with Crippen molar-refractivity contribution in [3.63, 3.8) is 0 Å².